The van der Waals surface area contributed by atoms with Gasteiger partial charge in [0.1, 0.15) is 17.2 Å². The Bertz CT molecular complexity index is 725. The number of phenolic OH excluding ortho intramolecular Hbond substituents is 1. The number of carbonyl (C=O) groups is 3. The van der Waals surface area contributed by atoms with Crippen LogP contribution in [0.5, 0.6) is 5.75 Å². The van der Waals surface area contributed by atoms with E-state index in [1.54, 1.807) is 18.2 Å². The highest BCUT2D eigenvalue weighted by atomic mass is 32.2. The molecule has 1 aromatic rings. The molecule has 1 heterocycles. The molecule has 0 unspecified atom stereocenters. The number of ether oxygens (including phenoxy) is 2. The minimum absolute atomic E-state index is 0.0842. The van der Waals surface area contributed by atoms with E-state index in [-0.39, 0.29) is 12.2 Å². The number of rotatable bonds is 7. The van der Waals surface area contributed by atoms with Gasteiger partial charge in [-0.15, -0.1) is 0 Å². The van der Waals surface area contributed by atoms with Crippen LogP contribution < -0.4 is 5.32 Å². The Morgan fingerprint density at radius 1 is 1.19 bits per heavy atom. The van der Waals surface area contributed by atoms with Gasteiger partial charge in [-0.05, 0) is 24.5 Å². The van der Waals surface area contributed by atoms with Gasteiger partial charge in [-0.3, -0.25) is 19.7 Å². The highest BCUT2D eigenvalue weighted by molar-refractivity contribution is 7.98. The fraction of sp³-hybridized carbons (Fsp3) is 0.500. The third-order valence-electron chi connectivity index (χ3n) is 4.94. The second-order valence-electron chi connectivity index (χ2n) is 6.25. The zero-order chi connectivity index (χ0) is 20.2. The van der Waals surface area contributed by atoms with Crippen molar-refractivity contribution in [1.29, 1.82) is 0 Å². The number of phenols is 1. The van der Waals surface area contributed by atoms with Crippen LogP contribution in [-0.2, 0) is 23.9 Å². The van der Waals surface area contributed by atoms with Gasteiger partial charge in [-0.2, -0.15) is 11.8 Å². The summed E-state index contributed by atoms with van der Waals surface area (Å²) in [5.41, 5.74) is -1.42. The third kappa shape index (κ3) is 3.74. The normalized spacial score (nSPS) is 27.1. The molecule has 0 spiro atoms. The average Bonchev–Trinajstić information content (AvgIpc) is 3.01. The molecular weight excluding hydrogens is 374 g/mol. The number of hydrogen-bond acceptors (Lipinski definition) is 8. The Balaban J connectivity index is 2.67. The molecular formula is C18H23NO7S. The number of carbonyl (C=O) groups excluding carboxylic acids is 2. The van der Waals surface area contributed by atoms with Crippen LogP contribution in [-0.4, -0.2) is 59.9 Å². The summed E-state index contributed by atoms with van der Waals surface area (Å²) in [7, 11) is 2.31. The van der Waals surface area contributed by atoms with E-state index in [0.29, 0.717) is 11.3 Å². The molecule has 0 aliphatic carbocycles. The molecule has 1 aliphatic heterocycles. The van der Waals surface area contributed by atoms with E-state index in [1.165, 1.54) is 24.9 Å². The summed E-state index contributed by atoms with van der Waals surface area (Å²) in [6, 6.07) is 5.34. The first kappa shape index (κ1) is 21.0. The SMILES string of the molecule is COC(=O)[C@@H]1[C@@H](c2ccccc2O)N[C@@](CCSC)(C(=O)O)[C@H]1C(=O)OC. The number of nitrogens with one attached hydrogen (secondary N) is 1. The molecule has 1 fully saturated rings. The highest BCUT2D eigenvalue weighted by Gasteiger charge is 2.64. The largest absolute Gasteiger partial charge is 0.508 e. The summed E-state index contributed by atoms with van der Waals surface area (Å²) in [4.78, 5) is 37.4. The maximum absolute atomic E-state index is 12.6. The number of aliphatic carboxylic acids is 1. The topological polar surface area (TPSA) is 122 Å². The van der Waals surface area contributed by atoms with Crippen LogP contribution in [0.25, 0.3) is 0 Å². The fourth-order valence-electron chi connectivity index (χ4n) is 3.65. The molecule has 1 aromatic carbocycles. The number of carboxylic acid groups (broad SMARTS) is 1. The summed E-state index contributed by atoms with van der Waals surface area (Å²) in [6.45, 7) is 0. The lowest BCUT2D eigenvalue weighted by Gasteiger charge is -2.30. The number of thioether (sulfide) groups is 1. The van der Waals surface area contributed by atoms with Crippen LogP contribution >= 0.6 is 11.8 Å². The molecule has 0 amide bonds. The number of methoxy groups -OCH3 is 2. The summed E-state index contributed by atoms with van der Waals surface area (Å²) < 4.78 is 9.70. The Labute approximate surface area is 161 Å². The van der Waals surface area contributed by atoms with E-state index in [0.717, 1.165) is 7.11 Å². The van der Waals surface area contributed by atoms with Crippen molar-refractivity contribution in [3.8, 4) is 5.75 Å². The summed E-state index contributed by atoms with van der Waals surface area (Å²) in [5, 5.41) is 23.2. The molecule has 0 radical (unpaired) electrons. The van der Waals surface area contributed by atoms with Gasteiger partial charge in [0.05, 0.1) is 26.2 Å². The van der Waals surface area contributed by atoms with Gasteiger partial charge in [-0.1, -0.05) is 18.2 Å². The molecule has 0 saturated carbocycles. The zero-order valence-electron chi connectivity index (χ0n) is 15.3. The number of carboxylic acids is 1. The lowest BCUT2D eigenvalue weighted by atomic mass is 9.76. The van der Waals surface area contributed by atoms with Gasteiger partial charge >= 0.3 is 17.9 Å². The van der Waals surface area contributed by atoms with Gasteiger partial charge in [0.2, 0.25) is 0 Å². The van der Waals surface area contributed by atoms with Crippen LogP contribution in [0.1, 0.15) is 18.0 Å². The van der Waals surface area contributed by atoms with Crippen LogP contribution in [0.2, 0.25) is 0 Å². The van der Waals surface area contributed by atoms with E-state index in [2.05, 4.69) is 5.32 Å². The van der Waals surface area contributed by atoms with Gasteiger partial charge in [0, 0.05) is 5.56 Å². The lowest BCUT2D eigenvalue weighted by Crippen LogP contribution is -2.56. The van der Waals surface area contributed by atoms with Crippen molar-refractivity contribution in [3.05, 3.63) is 29.8 Å². The molecule has 0 bridgehead atoms. The first-order valence-corrected chi connectivity index (χ1v) is 9.67. The summed E-state index contributed by atoms with van der Waals surface area (Å²) in [5.74, 6) is -5.00. The number of benzene rings is 1. The molecule has 1 saturated heterocycles. The Morgan fingerprint density at radius 3 is 2.33 bits per heavy atom. The fourth-order valence-corrected chi connectivity index (χ4v) is 4.18. The second kappa shape index (κ2) is 8.62. The quantitative estimate of drug-likeness (QED) is 0.582. The Morgan fingerprint density at radius 2 is 1.81 bits per heavy atom. The molecule has 148 valence electrons. The number of esters is 2. The minimum Gasteiger partial charge on any atom is -0.508 e. The van der Waals surface area contributed by atoms with Crippen molar-refractivity contribution >= 4 is 29.7 Å². The predicted octanol–water partition coefficient (Wildman–Crippen LogP) is 1.19. The van der Waals surface area contributed by atoms with Gasteiger partial charge in [0.25, 0.3) is 0 Å². The number of hydrogen-bond donors (Lipinski definition) is 3. The van der Waals surface area contributed by atoms with Crippen molar-refractivity contribution < 1.29 is 34.1 Å². The van der Waals surface area contributed by atoms with E-state index in [1.807, 2.05) is 6.26 Å². The standard InChI is InChI=1S/C18H23NO7S/c1-25-15(21)12-13(16(22)26-2)18(17(23)24,8-9-27-3)19-14(12)10-6-4-5-7-11(10)20/h4-7,12-14,19-20H,8-9H2,1-3H3,(H,23,24)/t12-,13+,14+,18+/m0/s1. The molecule has 8 nitrogen and oxygen atoms in total. The van der Waals surface area contributed by atoms with Crippen LogP contribution in [0, 0.1) is 11.8 Å². The summed E-state index contributed by atoms with van der Waals surface area (Å²) in [6.07, 6.45) is 1.90. The monoisotopic (exact) mass is 397 g/mol. The van der Waals surface area contributed by atoms with Crippen molar-refractivity contribution in [1.82, 2.24) is 5.32 Å². The van der Waals surface area contributed by atoms with Crippen molar-refractivity contribution in [3.63, 3.8) is 0 Å². The Hall–Kier alpha value is -2.26. The van der Waals surface area contributed by atoms with E-state index >= 15 is 0 Å². The van der Waals surface area contributed by atoms with Gasteiger partial charge < -0.3 is 19.7 Å². The van der Waals surface area contributed by atoms with Gasteiger partial charge in [0.15, 0.2) is 0 Å². The molecule has 27 heavy (non-hydrogen) atoms. The highest BCUT2D eigenvalue weighted by Crippen LogP contribution is 2.48. The molecule has 4 atom stereocenters. The van der Waals surface area contributed by atoms with Crippen molar-refractivity contribution in [2.75, 3.05) is 26.2 Å². The average molecular weight is 397 g/mol. The predicted molar refractivity (Wildman–Crippen MR) is 98.4 cm³/mol. The lowest BCUT2D eigenvalue weighted by molar-refractivity contribution is -0.163. The minimum atomic E-state index is -1.73. The van der Waals surface area contributed by atoms with Crippen LogP contribution in [0.15, 0.2) is 24.3 Å². The molecule has 0 aromatic heterocycles. The maximum atomic E-state index is 12.6. The number of para-hydroxylation sites is 1. The maximum Gasteiger partial charge on any atom is 0.324 e. The first-order chi connectivity index (χ1) is 12.8. The number of aromatic hydroxyl groups is 1. The molecule has 3 N–H and O–H groups in total. The van der Waals surface area contributed by atoms with Gasteiger partial charge in [-0.25, -0.2) is 0 Å². The first-order valence-electron chi connectivity index (χ1n) is 8.27. The summed E-state index contributed by atoms with van der Waals surface area (Å²) >= 11 is 1.42. The smallest absolute Gasteiger partial charge is 0.324 e. The van der Waals surface area contributed by atoms with E-state index < -0.39 is 41.3 Å². The van der Waals surface area contributed by atoms with Crippen molar-refractivity contribution in [2.24, 2.45) is 11.8 Å². The van der Waals surface area contributed by atoms with E-state index in [9.17, 15) is 24.6 Å². The molecule has 2 rings (SSSR count). The molecule has 9 heteroatoms. The van der Waals surface area contributed by atoms with E-state index in [4.69, 9.17) is 9.47 Å². The second-order valence-corrected chi connectivity index (χ2v) is 7.24. The Kier molecular flexibility index (Phi) is 6.72. The zero-order valence-corrected chi connectivity index (χ0v) is 16.1. The van der Waals surface area contributed by atoms with Crippen LogP contribution in [0.4, 0.5) is 0 Å². The van der Waals surface area contributed by atoms with Crippen molar-refractivity contribution in [2.45, 2.75) is 18.0 Å². The third-order valence-corrected chi connectivity index (χ3v) is 5.56. The van der Waals surface area contributed by atoms with Crippen LogP contribution in [0.3, 0.4) is 0 Å². The molecule has 1 aliphatic rings.